The fourth-order valence-corrected chi connectivity index (χ4v) is 7.00. The van der Waals surface area contributed by atoms with E-state index in [-0.39, 0.29) is 0 Å². The van der Waals surface area contributed by atoms with Gasteiger partial charge in [-0.3, -0.25) is 0 Å². The first kappa shape index (κ1) is 21.8. The summed E-state index contributed by atoms with van der Waals surface area (Å²) in [5, 5.41) is 6.63. The predicted molar refractivity (Wildman–Crippen MR) is 166 cm³/mol. The lowest BCUT2D eigenvalue weighted by Crippen LogP contribution is -1.97. The van der Waals surface area contributed by atoms with Crippen molar-refractivity contribution in [2.24, 2.45) is 0 Å². The van der Waals surface area contributed by atoms with Gasteiger partial charge in [0.2, 0.25) is 0 Å². The van der Waals surface area contributed by atoms with E-state index in [9.17, 15) is 0 Å². The molecule has 0 saturated heterocycles. The lowest BCUT2D eigenvalue weighted by molar-refractivity contribution is 0.669. The van der Waals surface area contributed by atoms with Crippen LogP contribution < -0.4 is 0 Å². The number of nitrogens with zero attached hydrogens (tertiary/aromatic N) is 3. The number of rotatable bonds is 2. The Balaban J connectivity index is 1.43. The minimum absolute atomic E-state index is 0.630. The second-order valence-corrected chi connectivity index (χ2v) is 11.1. The average molecular weight is 530 g/mol. The smallest absolute Gasteiger partial charge is 0.180 e. The molecule has 0 aliphatic carbocycles. The maximum atomic E-state index is 6.21. The van der Waals surface area contributed by atoms with Gasteiger partial charge in [0.25, 0.3) is 0 Å². The number of pyridine rings is 1. The van der Waals surface area contributed by atoms with Crippen molar-refractivity contribution in [3.8, 4) is 22.8 Å². The molecule has 4 heterocycles. The van der Waals surface area contributed by atoms with Crippen molar-refractivity contribution >= 4 is 75.3 Å². The van der Waals surface area contributed by atoms with Crippen LogP contribution in [0.5, 0.6) is 0 Å². The number of hydrogen-bond donors (Lipinski definition) is 0. The Morgan fingerprint density at radius 3 is 2.10 bits per heavy atom. The Labute approximate surface area is 232 Å². The molecule has 0 atom stereocenters. The van der Waals surface area contributed by atoms with Crippen LogP contribution in [0, 0.1) is 0 Å². The zero-order valence-electron chi connectivity index (χ0n) is 21.1. The third-order valence-electron chi connectivity index (χ3n) is 7.68. The molecule has 186 valence electrons. The molecule has 0 saturated carbocycles. The van der Waals surface area contributed by atoms with Crippen LogP contribution in [0.15, 0.2) is 120 Å². The van der Waals surface area contributed by atoms with Gasteiger partial charge in [-0.2, -0.15) is 0 Å². The lowest BCUT2D eigenvalue weighted by Gasteiger charge is -2.11. The summed E-state index contributed by atoms with van der Waals surface area (Å²) in [5.74, 6) is 0.630. The highest BCUT2D eigenvalue weighted by atomic mass is 32.1. The first-order chi connectivity index (χ1) is 19.8. The van der Waals surface area contributed by atoms with E-state index in [2.05, 4.69) is 91.0 Å². The zero-order valence-corrected chi connectivity index (χ0v) is 21.9. The standard InChI is InChI=1S/C35H19N3OS/c1-2-10-20(11-3-1)31-34-32(26-18-25-23-14-7-9-17-28(23)39-29(25)19-30(26)40-34)38-35(37-31)33-24-15-5-4-12-21(24)22-13-6-8-16-27(22)36-33/h1-19H. The van der Waals surface area contributed by atoms with Gasteiger partial charge < -0.3 is 4.42 Å². The molecular formula is C35H19N3OS. The van der Waals surface area contributed by atoms with E-state index in [0.29, 0.717) is 5.82 Å². The number of thiophene rings is 1. The molecule has 4 aromatic heterocycles. The van der Waals surface area contributed by atoms with Crippen LogP contribution in [0.3, 0.4) is 0 Å². The molecule has 0 unspecified atom stereocenters. The number of fused-ring (bicyclic) bond motifs is 9. The fraction of sp³-hybridized carbons (Fsp3) is 0. The molecule has 9 aromatic rings. The van der Waals surface area contributed by atoms with E-state index < -0.39 is 0 Å². The highest BCUT2D eigenvalue weighted by molar-refractivity contribution is 7.26. The van der Waals surface area contributed by atoms with Gasteiger partial charge in [-0.1, -0.05) is 91.0 Å². The van der Waals surface area contributed by atoms with E-state index in [4.69, 9.17) is 19.4 Å². The summed E-state index contributed by atoms with van der Waals surface area (Å²) in [6, 6.07) is 39.6. The predicted octanol–water partition coefficient (Wildman–Crippen LogP) is 9.78. The molecule has 40 heavy (non-hydrogen) atoms. The summed E-state index contributed by atoms with van der Waals surface area (Å²) in [4.78, 5) is 15.6. The number of furan rings is 1. The number of benzene rings is 5. The largest absolute Gasteiger partial charge is 0.456 e. The quantitative estimate of drug-likeness (QED) is 0.209. The summed E-state index contributed by atoms with van der Waals surface area (Å²) in [7, 11) is 0. The van der Waals surface area contributed by atoms with Crippen LogP contribution in [0.2, 0.25) is 0 Å². The summed E-state index contributed by atoms with van der Waals surface area (Å²) in [6.07, 6.45) is 0. The molecule has 0 spiro atoms. The Morgan fingerprint density at radius 1 is 0.500 bits per heavy atom. The topological polar surface area (TPSA) is 51.8 Å². The van der Waals surface area contributed by atoms with E-state index >= 15 is 0 Å². The molecule has 0 bridgehead atoms. The maximum Gasteiger partial charge on any atom is 0.180 e. The van der Waals surface area contributed by atoms with Gasteiger partial charge in [0.05, 0.1) is 21.4 Å². The fourth-order valence-electron chi connectivity index (χ4n) is 5.83. The van der Waals surface area contributed by atoms with Crippen LogP contribution in [0.25, 0.3) is 86.7 Å². The highest BCUT2D eigenvalue weighted by Crippen LogP contribution is 2.43. The molecule has 9 rings (SSSR count). The number of hydrogen-bond acceptors (Lipinski definition) is 5. The van der Waals surface area contributed by atoms with Crippen LogP contribution in [-0.2, 0) is 0 Å². The van der Waals surface area contributed by atoms with Crippen LogP contribution in [0.4, 0.5) is 0 Å². The van der Waals surface area contributed by atoms with Crippen LogP contribution in [0.1, 0.15) is 0 Å². The Hall–Kier alpha value is -5.13. The van der Waals surface area contributed by atoms with Crippen molar-refractivity contribution in [1.82, 2.24) is 15.0 Å². The molecule has 0 fully saturated rings. The van der Waals surface area contributed by atoms with Crippen molar-refractivity contribution in [2.45, 2.75) is 0 Å². The highest BCUT2D eigenvalue weighted by Gasteiger charge is 2.20. The van der Waals surface area contributed by atoms with Gasteiger partial charge in [0.15, 0.2) is 5.82 Å². The first-order valence-electron chi connectivity index (χ1n) is 13.2. The molecule has 0 N–H and O–H groups in total. The van der Waals surface area contributed by atoms with Crippen LogP contribution >= 0.6 is 11.3 Å². The van der Waals surface area contributed by atoms with Crippen molar-refractivity contribution in [1.29, 1.82) is 0 Å². The van der Waals surface area contributed by atoms with Gasteiger partial charge >= 0.3 is 0 Å². The minimum atomic E-state index is 0.630. The molecule has 4 nitrogen and oxygen atoms in total. The van der Waals surface area contributed by atoms with E-state index in [0.717, 1.165) is 80.9 Å². The van der Waals surface area contributed by atoms with E-state index in [1.165, 1.54) is 0 Å². The van der Waals surface area contributed by atoms with Crippen molar-refractivity contribution < 1.29 is 4.42 Å². The number of aromatic nitrogens is 3. The summed E-state index contributed by atoms with van der Waals surface area (Å²) >= 11 is 1.71. The normalized spacial score (nSPS) is 12.0. The molecule has 0 amide bonds. The monoisotopic (exact) mass is 529 g/mol. The van der Waals surface area contributed by atoms with E-state index in [1.807, 2.05) is 24.3 Å². The van der Waals surface area contributed by atoms with Gasteiger partial charge in [-0.15, -0.1) is 11.3 Å². The van der Waals surface area contributed by atoms with Gasteiger partial charge in [0, 0.05) is 37.2 Å². The van der Waals surface area contributed by atoms with Gasteiger partial charge in [0.1, 0.15) is 16.9 Å². The van der Waals surface area contributed by atoms with E-state index in [1.54, 1.807) is 11.3 Å². The summed E-state index contributed by atoms with van der Waals surface area (Å²) in [6.45, 7) is 0. The Morgan fingerprint density at radius 2 is 1.23 bits per heavy atom. The summed E-state index contributed by atoms with van der Waals surface area (Å²) < 4.78 is 8.40. The first-order valence-corrected chi connectivity index (χ1v) is 14.0. The molecule has 0 aliphatic rings. The third kappa shape index (κ3) is 3.09. The molecule has 0 radical (unpaired) electrons. The molecule has 5 heteroatoms. The average Bonchev–Trinajstić information content (AvgIpc) is 3.56. The van der Waals surface area contributed by atoms with Gasteiger partial charge in [-0.05, 0) is 29.7 Å². The SMILES string of the molecule is c1ccc(-c2nc(-c3nc4ccccc4c4ccccc34)nc3c2sc2cc4oc5ccccc5c4cc23)cc1. The van der Waals surface area contributed by atoms with Gasteiger partial charge in [-0.25, -0.2) is 15.0 Å². The number of para-hydroxylation sites is 2. The van der Waals surface area contributed by atoms with Crippen molar-refractivity contribution in [2.75, 3.05) is 0 Å². The maximum absolute atomic E-state index is 6.21. The van der Waals surface area contributed by atoms with Crippen molar-refractivity contribution in [3.63, 3.8) is 0 Å². The Bertz CT molecular complexity index is 2440. The second-order valence-electron chi connectivity index (χ2n) is 10.0. The molecule has 5 aromatic carbocycles. The summed E-state index contributed by atoms with van der Waals surface area (Å²) in [5.41, 5.74) is 6.42. The van der Waals surface area contributed by atoms with Crippen molar-refractivity contribution in [3.05, 3.63) is 115 Å². The lowest BCUT2D eigenvalue weighted by atomic mass is 10.0. The molecule has 0 aliphatic heterocycles. The van der Waals surface area contributed by atoms with Crippen LogP contribution in [-0.4, -0.2) is 15.0 Å². The minimum Gasteiger partial charge on any atom is -0.456 e. The zero-order chi connectivity index (χ0) is 26.2. The third-order valence-corrected chi connectivity index (χ3v) is 8.83. The second kappa shape index (κ2) is 8.18. The Kier molecular flexibility index (Phi) is 4.45. The molecular weight excluding hydrogens is 510 g/mol.